The summed E-state index contributed by atoms with van der Waals surface area (Å²) in [5.74, 6) is -0.680. The zero-order valence-electron chi connectivity index (χ0n) is 5.94. The summed E-state index contributed by atoms with van der Waals surface area (Å²) in [5.41, 5.74) is 10.2. The number of primary amides is 1. The Labute approximate surface area is 62.6 Å². The first-order valence-corrected chi connectivity index (χ1v) is 3.00. The fourth-order valence-electron chi connectivity index (χ4n) is 0.520. The van der Waals surface area contributed by atoms with Gasteiger partial charge in [-0.1, -0.05) is 5.16 Å². The molecule has 1 atom stereocenters. The molecule has 6 heteroatoms. The highest BCUT2D eigenvalue weighted by Gasteiger charge is 2.13. The third kappa shape index (κ3) is 1.53. The third-order valence-corrected chi connectivity index (χ3v) is 1.06. The minimum atomic E-state index is -0.746. The topological polar surface area (TPSA) is 108 Å². The molecule has 1 amide bonds. The zero-order chi connectivity index (χ0) is 8.43. The SMILES string of the molecule is CC(N)c1noc(C(N)=O)n1. The number of hydrogen-bond acceptors (Lipinski definition) is 5. The van der Waals surface area contributed by atoms with E-state index >= 15 is 0 Å². The maximum Gasteiger partial charge on any atom is 0.315 e. The Morgan fingerprint density at radius 3 is 2.64 bits per heavy atom. The number of aromatic nitrogens is 2. The van der Waals surface area contributed by atoms with Crippen LogP contribution in [-0.2, 0) is 0 Å². The van der Waals surface area contributed by atoms with Gasteiger partial charge < -0.3 is 16.0 Å². The molecule has 11 heavy (non-hydrogen) atoms. The average Bonchev–Trinajstić information content (AvgIpc) is 2.33. The molecule has 1 aromatic rings. The predicted octanol–water partition coefficient (Wildman–Crippen LogP) is -0.812. The van der Waals surface area contributed by atoms with Gasteiger partial charge in [0.15, 0.2) is 5.82 Å². The maximum atomic E-state index is 10.4. The van der Waals surface area contributed by atoms with Crippen molar-refractivity contribution in [3.63, 3.8) is 0 Å². The van der Waals surface area contributed by atoms with E-state index in [0.29, 0.717) is 0 Å². The summed E-state index contributed by atoms with van der Waals surface area (Å²) in [5, 5.41) is 3.42. The van der Waals surface area contributed by atoms with E-state index in [0.717, 1.165) is 0 Å². The zero-order valence-corrected chi connectivity index (χ0v) is 5.94. The van der Waals surface area contributed by atoms with Crippen molar-refractivity contribution in [2.75, 3.05) is 0 Å². The number of rotatable bonds is 2. The standard InChI is InChI=1S/C5H8N4O2/c1-2(6)4-8-5(3(7)10)11-9-4/h2H,6H2,1H3,(H2,7,10). The molecule has 0 saturated carbocycles. The monoisotopic (exact) mass is 156 g/mol. The van der Waals surface area contributed by atoms with Crippen molar-refractivity contribution >= 4 is 5.91 Å². The molecule has 1 aromatic heterocycles. The second-order valence-corrected chi connectivity index (χ2v) is 2.11. The molecule has 0 aromatic carbocycles. The van der Waals surface area contributed by atoms with Crippen LogP contribution < -0.4 is 11.5 Å². The van der Waals surface area contributed by atoms with E-state index in [2.05, 4.69) is 14.7 Å². The lowest BCUT2D eigenvalue weighted by atomic mass is 10.3. The number of hydrogen-bond donors (Lipinski definition) is 2. The van der Waals surface area contributed by atoms with Crippen LogP contribution in [0.25, 0.3) is 0 Å². The van der Waals surface area contributed by atoms with Gasteiger partial charge in [-0.15, -0.1) is 0 Å². The summed E-state index contributed by atoms with van der Waals surface area (Å²) in [6.07, 6.45) is 0. The Hall–Kier alpha value is -1.43. The lowest BCUT2D eigenvalue weighted by Gasteiger charge is -1.92. The molecule has 0 aliphatic heterocycles. The Bertz CT molecular complexity index is 267. The summed E-state index contributed by atoms with van der Waals surface area (Å²) < 4.78 is 4.47. The lowest BCUT2D eigenvalue weighted by molar-refractivity contribution is 0.0958. The second kappa shape index (κ2) is 2.67. The van der Waals surface area contributed by atoms with Crippen molar-refractivity contribution in [3.05, 3.63) is 11.7 Å². The van der Waals surface area contributed by atoms with Crippen LogP contribution in [0.5, 0.6) is 0 Å². The highest BCUT2D eigenvalue weighted by molar-refractivity contribution is 5.87. The first-order valence-electron chi connectivity index (χ1n) is 3.00. The van der Waals surface area contributed by atoms with E-state index in [1.54, 1.807) is 6.92 Å². The van der Waals surface area contributed by atoms with E-state index in [1.807, 2.05) is 0 Å². The second-order valence-electron chi connectivity index (χ2n) is 2.11. The van der Waals surface area contributed by atoms with E-state index < -0.39 is 5.91 Å². The molecule has 1 rings (SSSR count). The van der Waals surface area contributed by atoms with Gasteiger partial charge in [-0.05, 0) is 6.92 Å². The van der Waals surface area contributed by atoms with Crippen LogP contribution in [0, 0.1) is 0 Å². The van der Waals surface area contributed by atoms with Crippen molar-refractivity contribution < 1.29 is 9.32 Å². The van der Waals surface area contributed by atoms with E-state index in [4.69, 9.17) is 11.5 Å². The molecule has 1 heterocycles. The van der Waals surface area contributed by atoms with Crippen LogP contribution >= 0.6 is 0 Å². The van der Waals surface area contributed by atoms with Crippen molar-refractivity contribution in [1.29, 1.82) is 0 Å². The first-order chi connectivity index (χ1) is 5.11. The number of carbonyl (C=O) groups is 1. The van der Waals surface area contributed by atoms with Crippen molar-refractivity contribution in [2.45, 2.75) is 13.0 Å². The molecular weight excluding hydrogens is 148 g/mol. The van der Waals surface area contributed by atoms with Crippen LogP contribution in [0.4, 0.5) is 0 Å². The molecule has 0 bridgehead atoms. The summed E-state index contributed by atoms with van der Waals surface area (Å²) in [6.45, 7) is 1.68. The predicted molar refractivity (Wildman–Crippen MR) is 35.4 cm³/mol. The largest absolute Gasteiger partial charge is 0.361 e. The van der Waals surface area contributed by atoms with Crippen LogP contribution in [0.2, 0.25) is 0 Å². The fourth-order valence-corrected chi connectivity index (χ4v) is 0.520. The van der Waals surface area contributed by atoms with E-state index in [-0.39, 0.29) is 17.8 Å². The summed E-state index contributed by atoms with van der Waals surface area (Å²) in [6, 6.07) is -0.355. The number of carbonyl (C=O) groups excluding carboxylic acids is 1. The number of nitrogens with two attached hydrogens (primary N) is 2. The Kier molecular flexibility index (Phi) is 1.86. The lowest BCUT2D eigenvalue weighted by Crippen LogP contribution is -2.12. The molecule has 0 aliphatic rings. The highest BCUT2D eigenvalue weighted by atomic mass is 16.5. The van der Waals surface area contributed by atoms with Gasteiger partial charge in [0.2, 0.25) is 0 Å². The van der Waals surface area contributed by atoms with Crippen LogP contribution in [0.1, 0.15) is 29.5 Å². The van der Waals surface area contributed by atoms with Gasteiger partial charge in [-0.2, -0.15) is 4.98 Å². The maximum absolute atomic E-state index is 10.4. The number of nitrogens with zero attached hydrogens (tertiary/aromatic N) is 2. The van der Waals surface area contributed by atoms with Crippen molar-refractivity contribution in [1.82, 2.24) is 10.1 Å². The summed E-state index contributed by atoms with van der Waals surface area (Å²) >= 11 is 0. The van der Waals surface area contributed by atoms with Gasteiger partial charge >= 0.3 is 11.8 Å². The highest BCUT2D eigenvalue weighted by Crippen LogP contribution is 2.03. The van der Waals surface area contributed by atoms with Gasteiger partial charge in [0.1, 0.15) is 0 Å². The summed E-state index contributed by atoms with van der Waals surface area (Å²) in [7, 11) is 0. The quantitative estimate of drug-likeness (QED) is 0.582. The number of amides is 1. The molecule has 0 fully saturated rings. The molecular formula is C5H8N4O2. The molecule has 0 radical (unpaired) electrons. The van der Waals surface area contributed by atoms with Gasteiger partial charge in [0, 0.05) is 0 Å². The van der Waals surface area contributed by atoms with E-state index in [1.165, 1.54) is 0 Å². The van der Waals surface area contributed by atoms with Gasteiger partial charge in [0.25, 0.3) is 0 Å². The van der Waals surface area contributed by atoms with Gasteiger partial charge in [0.05, 0.1) is 6.04 Å². The van der Waals surface area contributed by atoms with Crippen LogP contribution in [0.3, 0.4) is 0 Å². The molecule has 60 valence electrons. The Morgan fingerprint density at radius 1 is 1.73 bits per heavy atom. The summed E-state index contributed by atoms with van der Waals surface area (Å²) in [4.78, 5) is 14.1. The third-order valence-electron chi connectivity index (χ3n) is 1.06. The minimum absolute atomic E-state index is 0.211. The minimum Gasteiger partial charge on any atom is -0.361 e. The van der Waals surface area contributed by atoms with Gasteiger partial charge in [-0.3, -0.25) is 4.79 Å². The van der Waals surface area contributed by atoms with Crippen molar-refractivity contribution in [2.24, 2.45) is 11.5 Å². The molecule has 4 N–H and O–H groups in total. The molecule has 6 nitrogen and oxygen atoms in total. The van der Waals surface area contributed by atoms with Crippen LogP contribution in [0.15, 0.2) is 4.52 Å². The Balaban J connectivity index is 2.90. The normalized spacial score (nSPS) is 12.9. The molecule has 0 aliphatic carbocycles. The molecule has 0 spiro atoms. The molecule has 0 saturated heterocycles. The van der Waals surface area contributed by atoms with Crippen LogP contribution in [-0.4, -0.2) is 16.0 Å². The fraction of sp³-hybridized carbons (Fsp3) is 0.400. The van der Waals surface area contributed by atoms with Crippen molar-refractivity contribution in [3.8, 4) is 0 Å². The molecule has 1 unspecified atom stereocenters. The van der Waals surface area contributed by atoms with Gasteiger partial charge in [-0.25, -0.2) is 0 Å². The average molecular weight is 156 g/mol. The Morgan fingerprint density at radius 2 is 2.36 bits per heavy atom. The first kappa shape index (κ1) is 7.67. The van der Waals surface area contributed by atoms with E-state index in [9.17, 15) is 4.79 Å². The smallest absolute Gasteiger partial charge is 0.315 e.